The lowest BCUT2D eigenvalue weighted by atomic mass is 10.2. The second-order valence-electron chi connectivity index (χ2n) is 6.02. The number of nitrogens with zero attached hydrogens (tertiary/aromatic N) is 1. The Kier molecular flexibility index (Phi) is 8.00. The first kappa shape index (κ1) is 20.3. The monoisotopic (exact) mass is 378 g/mol. The van der Waals surface area contributed by atoms with E-state index < -0.39 is 12.0 Å². The van der Waals surface area contributed by atoms with Crippen molar-refractivity contribution >= 4 is 23.6 Å². The Morgan fingerprint density at radius 1 is 1.46 bits per heavy atom. The second kappa shape index (κ2) is 10.2. The summed E-state index contributed by atoms with van der Waals surface area (Å²) in [5.74, 6) is 1.03. The van der Waals surface area contributed by atoms with E-state index in [0.29, 0.717) is 19.5 Å². The summed E-state index contributed by atoms with van der Waals surface area (Å²) in [5, 5.41) is 2.83. The summed E-state index contributed by atoms with van der Waals surface area (Å²) in [7, 11) is 1.64. The number of carbonyl (C=O) groups excluding carboxylic acids is 2. The minimum atomic E-state index is -0.622. The quantitative estimate of drug-likeness (QED) is 0.360. The highest BCUT2D eigenvalue weighted by atomic mass is 32.2. The number of hydrogen-bond donors (Lipinski definition) is 1. The van der Waals surface area contributed by atoms with Crippen LogP contribution in [0.3, 0.4) is 0 Å². The van der Waals surface area contributed by atoms with E-state index in [-0.39, 0.29) is 18.6 Å². The van der Waals surface area contributed by atoms with Crippen LogP contribution in [0.1, 0.15) is 12.0 Å². The van der Waals surface area contributed by atoms with Gasteiger partial charge in [-0.3, -0.25) is 9.69 Å². The Balaban J connectivity index is 1.89. The number of esters is 1. The van der Waals surface area contributed by atoms with Crippen LogP contribution in [0.5, 0.6) is 5.75 Å². The number of rotatable bonds is 11. The average molecular weight is 378 g/mol. The fraction of sp³-hybridized carbons (Fsp3) is 0.474. The van der Waals surface area contributed by atoms with Gasteiger partial charge in [-0.15, -0.1) is 0 Å². The first-order valence-electron chi connectivity index (χ1n) is 8.53. The third-order valence-corrected chi connectivity index (χ3v) is 4.78. The van der Waals surface area contributed by atoms with Crippen molar-refractivity contribution in [1.29, 1.82) is 0 Å². The van der Waals surface area contributed by atoms with Crippen LogP contribution in [-0.4, -0.2) is 61.1 Å². The van der Waals surface area contributed by atoms with E-state index in [4.69, 9.17) is 9.47 Å². The summed E-state index contributed by atoms with van der Waals surface area (Å²) in [4.78, 5) is 26.6. The smallest absolute Gasteiger partial charge is 0.328 e. The van der Waals surface area contributed by atoms with Crippen molar-refractivity contribution in [3.8, 4) is 5.75 Å². The SMILES string of the molecule is C=CCOC(=O)C(CCSC)NC(=O)C1CN1Cc1ccccc1OC. The Morgan fingerprint density at radius 3 is 2.92 bits per heavy atom. The number of amides is 1. The minimum absolute atomic E-state index is 0.137. The summed E-state index contributed by atoms with van der Waals surface area (Å²) in [5.41, 5.74) is 1.04. The first-order chi connectivity index (χ1) is 12.6. The summed E-state index contributed by atoms with van der Waals surface area (Å²) >= 11 is 1.63. The summed E-state index contributed by atoms with van der Waals surface area (Å²) in [6.45, 7) is 4.98. The Morgan fingerprint density at radius 2 is 2.23 bits per heavy atom. The highest BCUT2D eigenvalue weighted by molar-refractivity contribution is 7.98. The highest BCUT2D eigenvalue weighted by Crippen LogP contribution is 2.26. The number of thioether (sulfide) groups is 1. The van der Waals surface area contributed by atoms with Crippen LogP contribution in [0.25, 0.3) is 0 Å². The number of ether oxygens (including phenoxy) is 2. The average Bonchev–Trinajstić information content (AvgIpc) is 3.42. The van der Waals surface area contributed by atoms with Gasteiger partial charge in [0.2, 0.25) is 5.91 Å². The number of nitrogens with one attached hydrogen (secondary N) is 1. The normalized spacial score (nSPS) is 19.3. The van der Waals surface area contributed by atoms with Crippen LogP contribution in [0.4, 0.5) is 0 Å². The molecule has 3 atom stereocenters. The maximum Gasteiger partial charge on any atom is 0.328 e. The molecule has 1 aliphatic rings. The maximum absolute atomic E-state index is 12.5. The molecule has 1 heterocycles. The molecule has 0 radical (unpaired) electrons. The fourth-order valence-electron chi connectivity index (χ4n) is 2.65. The molecular weight excluding hydrogens is 352 g/mol. The van der Waals surface area contributed by atoms with Gasteiger partial charge >= 0.3 is 5.97 Å². The number of hydrogen-bond acceptors (Lipinski definition) is 6. The van der Waals surface area contributed by atoms with Crippen molar-refractivity contribution in [3.05, 3.63) is 42.5 Å². The molecule has 1 fully saturated rings. The van der Waals surface area contributed by atoms with Crippen LogP contribution >= 0.6 is 11.8 Å². The topological polar surface area (TPSA) is 67.6 Å². The molecular formula is C19H26N2O4S. The van der Waals surface area contributed by atoms with Gasteiger partial charge in [-0.25, -0.2) is 4.79 Å². The lowest BCUT2D eigenvalue weighted by Gasteiger charge is -2.17. The molecule has 0 saturated carbocycles. The van der Waals surface area contributed by atoms with Crippen LogP contribution < -0.4 is 10.1 Å². The third kappa shape index (κ3) is 5.78. The van der Waals surface area contributed by atoms with Crippen molar-refractivity contribution < 1.29 is 19.1 Å². The molecule has 1 aromatic carbocycles. The largest absolute Gasteiger partial charge is 0.496 e. The molecule has 1 saturated heterocycles. The number of carbonyl (C=O) groups is 2. The number of para-hydroxylation sites is 1. The zero-order valence-electron chi connectivity index (χ0n) is 15.3. The predicted octanol–water partition coefficient (Wildman–Crippen LogP) is 1.85. The summed E-state index contributed by atoms with van der Waals surface area (Å²) in [6, 6.07) is 6.92. The van der Waals surface area contributed by atoms with Gasteiger partial charge in [0.25, 0.3) is 0 Å². The van der Waals surface area contributed by atoms with Crippen LogP contribution in [-0.2, 0) is 20.9 Å². The number of methoxy groups -OCH3 is 1. The van der Waals surface area contributed by atoms with Gasteiger partial charge in [0.1, 0.15) is 24.4 Å². The van der Waals surface area contributed by atoms with Crippen molar-refractivity contribution in [1.82, 2.24) is 10.2 Å². The molecule has 0 aliphatic carbocycles. The Labute approximate surface area is 158 Å². The standard InChI is InChI=1S/C19H26N2O4S/c1-4-10-25-19(23)15(9-11-26-3)20-18(22)16-13-21(16)12-14-7-5-6-8-17(14)24-2/h4-8,15-16H,1,9-13H2,2-3H3,(H,20,22). The lowest BCUT2D eigenvalue weighted by molar-refractivity contribution is -0.146. The van der Waals surface area contributed by atoms with Crippen LogP contribution in [0, 0.1) is 0 Å². The van der Waals surface area contributed by atoms with Crippen molar-refractivity contribution in [2.75, 3.05) is 32.3 Å². The molecule has 1 N–H and O–H groups in total. The molecule has 0 bridgehead atoms. The van der Waals surface area contributed by atoms with E-state index in [1.54, 1.807) is 18.9 Å². The predicted molar refractivity (Wildman–Crippen MR) is 103 cm³/mol. The van der Waals surface area contributed by atoms with Gasteiger partial charge in [-0.1, -0.05) is 30.9 Å². The molecule has 0 aromatic heterocycles. The van der Waals surface area contributed by atoms with Gasteiger partial charge in [0, 0.05) is 18.7 Å². The van der Waals surface area contributed by atoms with E-state index in [9.17, 15) is 9.59 Å². The van der Waals surface area contributed by atoms with Crippen LogP contribution in [0.2, 0.25) is 0 Å². The van der Waals surface area contributed by atoms with E-state index in [1.165, 1.54) is 6.08 Å². The zero-order chi connectivity index (χ0) is 18.9. The Hall–Kier alpha value is -1.99. The molecule has 0 spiro atoms. The lowest BCUT2D eigenvalue weighted by Crippen LogP contribution is -2.44. The van der Waals surface area contributed by atoms with Gasteiger partial charge in [-0.2, -0.15) is 11.8 Å². The number of benzene rings is 1. The van der Waals surface area contributed by atoms with Gasteiger partial charge in [-0.05, 0) is 24.5 Å². The van der Waals surface area contributed by atoms with Gasteiger partial charge in [0.05, 0.1) is 7.11 Å². The molecule has 7 heteroatoms. The van der Waals surface area contributed by atoms with E-state index >= 15 is 0 Å². The molecule has 3 unspecified atom stereocenters. The molecule has 1 aliphatic heterocycles. The second-order valence-corrected chi connectivity index (χ2v) is 7.00. The first-order valence-corrected chi connectivity index (χ1v) is 9.92. The van der Waals surface area contributed by atoms with Crippen LogP contribution in [0.15, 0.2) is 36.9 Å². The van der Waals surface area contributed by atoms with Crippen molar-refractivity contribution in [2.45, 2.75) is 25.0 Å². The molecule has 26 heavy (non-hydrogen) atoms. The third-order valence-electron chi connectivity index (χ3n) is 4.14. The summed E-state index contributed by atoms with van der Waals surface area (Å²) < 4.78 is 10.4. The highest BCUT2D eigenvalue weighted by Gasteiger charge is 2.41. The Bertz CT molecular complexity index is 638. The molecule has 2 rings (SSSR count). The molecule has 1 aromatic rings. The van der Waals surface area contributed by atoms with E-state index in [2.05, 4.69) is 11.9 Å². The van der Waals surface area contributed by atoms with Crippen molar-refractivity contribution in [3.63, 3.8) is 0 Å². The molecule has 1 amide bonds. The zero-order valence-corrected chi connectivity index (χ0v) is 16.1. The fourth-order valence-corrected chi connectivity index (χ4v) is 3.12. The summed E-state index contributed by atoms with van der Waals surface area (Å²) in [6.07, 6.45) is 4.02. The maximum atomic E-state index is 12.5. The minimum Gasteiger partial charge on any atom is -0.496 e. The van der Waals surface area contributed by atoms with Gasteiger partial charge in [0.15, 0.2) is 0 Å². The van der Waals surface area contributed by atoms with Crippen molar-refractivity contribution in [2.24, 2.45) is 0 Å². The molecule has 6 nitrogen and oxygen atoms in total. The van der Waals surface area contributed by atoms with E-state index in [1.807, 2.05) is 35.4 Å². The molecule has 142 valence electrons. The van der Waals surface area contributed by atoms with Gasteiger partial charge < -0.3 is 14.8 Å². The van der Waals surface area contributed by atoms with E-state index in [0.717, 1.165) is 17.1 Å².